The summed E-state index contributed by atoms with van der Waals surface area (Å²) < 4.78 is 64.6. The molecule has 0 saturated heterocycles. The zero-order valence-corrected chi connectivity index (χ0v) is 12.4. The molecule has 0 aliphatic heterocycles. The number of esters is 1. The minimum Gasteiger partial charge on any atom is -0.462 e. The maximum absolute atomic E-state index is 12.2. The predicted molar refractivity (Wildman–Crippen MR) is 68.7 cm³/mol. The van der Waals surface area contributed by atoms with Crippen LogP contribution in [0.15, 0.2) is 22.7 Å². The van der Waals surface area contributed by atoms with E-state index in [-0.39, 0.29) is 22.3 Å². The molecule has 0 fully saturated rings. The smallest absolute Gasteiger partial charge is 0.462 e. The molecule has 0 bridgehead atoms. The first kappa shape index (κ1) is 16.8. The fourth-order valence-corrected chi connectivity index (χ4v) is 2.33. The molecule has 1 N–H and O–H groups in total. The van der Waals surface area contributed by atoms with Gasteiger partial charge in [0, 0.05) is 4.47 Å². The van der Waals surface area contributed by atoms with Gasteiger partial charge in [0.1, 0.15) is 0 Å². The van der Waals surface area contributed by atoms with Crippen molar-refractivity contribution in [3.8, 4) is 0 Å². The number of nitrogens with one attached hydrogen (secondary N) is 1. The van der Waals surface area contributed by atoms with Gasteiger partial charge in [-0.05, 0) is 41.1 Å². The number of hydrogen-bond acceptors (Lipinski definition) is 4. The second kappa shape index (κ2) is 6.00. The molecule has 0 unspecified atom stereocenters. The van der Waals surface area contributed by atoms with Crippen LogP contribution < -0.4 is 4.72 Å². The topological polar surface area (TPSA) is 72.5 Å². The zero-order chi connectivity index (χ0) is 15.6. The van der Waals surface area contributed by atoms with E-state index in [1.807, 2.05) is 0 Å². The zero-order valence-electron chi connectivity index (χ0n) is 9.99. The molecule has 0 amide bonds. The van der Waals surface area contributed by atoms with E-state index in [0.717, 1.165) is 18.2 Å². The molecule has 5 nitrogen and oxygen atoms in total. The van der Waals surface area contributed by atoms with E-state index in [1.54, 1.807) is 6.92 Å². The van der Waals surface area contributed by atoms with Gasteiger partial charge >= 0.3 is 21.5 Å². The lowest BCUT2D eigenvalue weighted by Crippen LogP contribution is -2.30. The molecule has 0 radical (unpaired) electrons. The van der Waals surface area contributed by atoms with Crippen LogP contribution >= 0.6 is 15.9 Å². The number of ether oxygens (including phenoxy) is 1. The lowest BCUT2D eigenvalue weighted by atomic mass is 10.2. The van der Waals surface area contributed by atoms with E-state index in [4.69, 9.17) is 4.74 Å². The van der Waals surface area contributed by atoms with Crippen LogP contribution in [0.4, 0.5) is 18.9 Å². The van der Waals surface area contributed by atoms with Gasteiger partial charge in [-0.2, -0.15) is 21.6 Å². The molecule has 1 aromatic rings. The Labute approximate surface area is 121 Å². The van der Waals surface area contributed by atoms with Gasteiger partial charge in [-0.15, -0.1) is 0 Å². The average Bonchev–Trinajstić information content (AvgIpc) is 2.30. The van der Waals surface area contributed by atoms with Crippen LogP contribution in [0.2, 0.25) is 0 Å². The standard InChI is InChI=1S/C10H9BrF3NO4S/c1-2-19-9(16)6-3-4-8(7(11)5-6)15-20(17,18)10(12,13)14/h3-5,15H,2H2,1H3. The third-order valence-corrected chi connectivity index (χ3v) is 3.78. The summed E-state index contributed by atoms with van der Waals surface area (Å²) in [5.41, 5.74) is -5.68. The molecule has 20 heavy (non-hydrogen) atoms. The van der Waals surface area contributed by atoms with E-state index in [9.17, 15) is 26.4 Å². The van der Waals surface area contributed by atoms with E-state index in [2.05, 4.69) is 15.9 Å². The first-order valence-corrected chi connectivity index (χ1v) is 7.42. The van der Waals surface area contributed by atoms with Crippen molar-refractivity contribution in [3.05, 3.63) is 28.2 Å². The van der Waals surface area contributed by atoms with Crippen LogP contribution in [-0.2, 0) is 14.8 Å². The average molecular weight is 376 g/mol. The van der Waals surface area contributed by atoms with Gasteiger partial charge in [-0.25, -0.2) is 4.79 Å². The highest BCUT2D eigenvalue weighted by Gasteiger charge is 2.46. The summed E-state index contributed by atoms with van der Waals surface area (Å²) in [6.45, 7) is 1.73. The van der Waals surface area contributed by atoms with Crippen molar-refractivity contribution in [1.29, 1.82) is 0 Å². The van der Waals surface area contributed by atoms with Crippen molar-refractivity contribution in [2.75, 3.05) is 11.3 Å². The lowest BCUT2D eigenvalue weighted by molar-refractivity contribution is -0.0429. The first-order valence-electron chi connectivity index (χ1n) is 5.14. The molecule has 0 spiro atoms. The number of rotatable bonds is 4. The Morgan fingerprint density at radius 1 is 1.40 bits per heavy atom. The van der Waals surface area contributed by atoms with Gasteiger partial charge in [0.2, 0.25) is 0 Å². The quantitative estimate of drug-likeness (QED) is 0.821. The predicted octanol–water partition coefficient (Wildman–Crippen LogP) is 2.89. The Bertz CT molecular complexity index is 615. The molecule has 0 aromatic heterocycles. The molecule has 0 atom stereocenters. The van der Waals surface area contributed by atoms with Crippen LogP contribution in [-0.4, -0.2) is 26.5 Å². The lowest BCUT2D eigenvalue weighted by Gasteiger charge is -2.12. The summed E-state index contributed by atoms with van der Waals surface area (Å²) in [5, 5.41) is 0. The van der Waals surface area contributed by atoms with E-state index in [0.29, 0.717) is 0 Å². The van der Waals surface area contributed by atoms with Crippen LogP contribution in [0.25, 0.3) is 0 Å². The Balaban J connectivity index is 3.04. The second-order valence-electron chi connectivity index (χ2n) is 3.47. The van der Waals surface area contributed by atoms with Crippen molar-refractivity contribution >= 4 is 37.6 Å². The highest BCUT2D eigenvalue weighted by molar-refractivity contribution is 9.10. The van der Waals surface area contributed by atoms with Crippen LogP contribution in [0.1, 0.15) is 17.3 Å². The summed E-state index contributed by atoms with van der Waals surface area (Å²) in [6, 6.07) is 3.34. The number of benzene rings is 1. The van der Waals surface area contributed by atoms with Gasteiger partial charge in [0.25, 0.3) is 0 Å². The normalized spacial score (nSPS) is 12.1. The Kier molecular flexibility index (Phi) is 5.03. The van der Waals surface area contributed by atoms with E-state index >= 15 is 0 Å². The summed E-state index contributed by atoms with van der Waals surface area (Å²) in [7, 11) is -5.51. The van der Waals surface area contributed by atoms with E-state index < -0.39 is 21.5 Å². The molecule has 112 valence electrons. The Hall–Kier alpha value is -1.29. The second-order valence-corrected chi connectivity index (χ2v) is 5.99. The largest absolute Gasteiger partial charge is 0.516 e. The Morgan fingerprint density at radius 3 is 2.45 bits per heavy atom. The minimum atomic E-state index is -5.51. The maximum atomic E-state index is 12.2. The van der Waals surface area contributed by atoms with Gasteiger partial charge in [-0.1, -0.05) is 0 Å². The van der Waals surface area contributed by atoms with Gasteiger partial charge < -0.3 is 4.74 Å². The molecule has 1 aromatic carbocycles. The minimum absolute atomic E-state index is 0.0177. The van der Waals surface area contributed by atoms with Crippen LogP contribution in [0.3, 0.4) is 0 Å². The van der Waals surface area contributed by atoms with E-state index in [1.165, 1.54) is 4.72 Å². The molecular weight excluding hydrogens is 367 g/mol. The molecule has 0 heterocycles. The number of carbonyl (C=O) groups excluding carboxylic acids is 1. The highest BCUT2D eigenvalue weighted by Crippen LogP contribution is 2.30. The molecular formula is C10H9BrF3NO4S. The third-order valence-electron chi connectivity index (χ3n) is 2.03. The van der Waals surface area contributed by atoms with Gasteiger partial charge in [-0.3, -0.25) is 4.72 Å². The van der Waals surface area contributed by atoms with Crippen LogP contribution in [0, 0.1) is 0 Å². The number of hydrogen-bond donors (Lipinski definition) is 1. The third kappa shape index (κ3) is 3.85. The van der Waals surface area contributed by atoms with Crippen molar-refractivity contribution in [2.45, 2.75) is 12.4 Å². The molecule has 0 aliphatic rings. The fraction of sp³-hybridized carbons (Fsp3) is 0.300. The number of halogens is 4. The number of anilines is 1. The molecule has 0 aliphatic carbocycles. The SMILES string of the molecule is CCOC(=O)c1ccc(NS(=O)(=O)C(F)(F)F)c(Br)c1. The van der Waals surface area contributed by atoms with Gasteiger partial charge in [0.15, 0.2) is 0 Å². The van der Waals surface area contributed by atoms with Crippen molar-refractivity contribution < 1.29 is 31.1 Å². The molecule has 0 saturated carbocycles. The monoisotopic (exact) mass is 375 g/mol. The first-order chi connectivity index (χ1) is 9.08. The number of alkyl halides is 3. The van der Waals surface area contributed by atoms with Crippen molar-refractivity contribution in [2.24, 2.45) is 0 Å². The summed E-state index contributed by atoms with van der Waals surface area (Å²) in [5.74, 6) is -0.668. The van der Waals surface area contributed by atoms with Crippen molar-refractivity contribution in [3.63, 3.8) is 0 Å². The van der Waals surface area contributed by atoms with Gasteiger partial charge in [0.05, 0.1) is 17.9 Å². The fourth-order valence-electron chi connectivity index (χ4n) is 1.14. The summed E-state index contributed by atoms with van der Waals surface area (Å²) in [4.78, 5) is 11.4. The highest BCUT2D eigenvalue weighted by atomic mass is 79.9. The molecule has 10 heteroatoms. The summed E-state index contributed by atoms with van der Waals surface area (Å²) >= 11 is 2.88. The maximum Gasteiger partial charge on any atom is 0.516 e. The molecule has 1 rings (SSSR count). The number of sulfonamides is 1. The van der Waals surface area contributed by atoms with Crippen molar-refractivity contribution in [1.82, 2.24) is 0 Å². The van der Waals surface area contributed by atoms with Crippen LogP contribution in [0.5, 0.6) is 0 Å². The Morgan fingerprint density at radius 2 is 2.00 bits per heavy atom. The number of carbonyl (C=O) groups is 1. The summed E-state index contributed by atoms with van der Waals surface area (Å²) in [6.07, 6.45) is 0.